The first-order chi connectivity index (χ1) is 9.79. The van der Waals surface area contributed by atoms with Crippen LogP contribution in [0.4, 0.5) is 0 Å². The second-order valence-electron chi connectivity index (χ2n) is 4.80. The number of nitrogens with one attached hydrogen (secondary N) is 1. The highest BCUT2D eigenvalue weighted by atomic mass is 15.2. The van der Waals surface area contributed by atoms with Gasteiger partial charge in [0.1, 0.15) is 5.82 Å². The zero-order valence-corrected chi connectivity index (χ0v) is 11.3. The minimum atomic E-state index is 0.00370. The Bertz CT molecular complexity index is 714. The molecule has 0 aliphatic carbocycles. The smallest absolute Gasteiger partial charge is 0.110 e. The topological polar surface area (TPSA) is 68.8 Å². The fourth-order valence-electron chi connectivity index (χ4n) is 2.47. The van der Waals surface area contributed by atoms with Crippen molar-refractivity contribution >= 4 is 10.9 Å². The molecule has 5 nitrogen and oxygen atoms in total. The van der Waals surface area contributed by atoms with Gasteiger partial charge in [0, 0.05) is 37.4 Å². The van der Waals surface area contributed by atoms with E-state index in [-0.39, 0.29) is 6.04 Å². The molecule has 0 spiro atoms. The van der Waals surface area contributed by atoms with Crippen LogP contribution in [0, 0.1) is 0 Å². The zero-order chi connectivity index (χ0) is 13.9. The van der Waals surface area contributed by atoms with Crippen LogP contribution in [0.2, 0.25) is 0 Å². The molecule has 0 radical (unpaired) electrons. The number of benzene rings is 1. The molecule has 3 rings (SSSR count). The van der Waals surface area contributed by atoms with Crippen molar-refractivity contribution < 1.29 is 0 Å². The Balaban J connectivity index is 2.01. The van der Waals surface area contributed by atoms with E-state index in [0.29, 0.717) is 0 Å². The molecule has 0 aliphatic heterocycles. The molecule has 0 amide bonds. The van der Waals surface area contributed by atoms with Crippen LogP contribution in [0.5, 0.6) is 0 Å². The van der Waals surface area contributed by atoms with E-state index in [2.05, 4.69) is 27.5 Å². The highest BCUT2D eigenvalue weighted by Gasteiger charge is 2.15. The monoisotopic (exact) mass is 267 g/mol. The van der Waals surface area contributed by atoms with Gasteiger partial charge in [-0.2, -0.15) is 0 Å². The quantitative estimate of drug-likeness (QED) is 0.558. The van der Waals surface area contributed by atoms with E-state index in [0.717, 1.165) is 28.7 Å². The number of nitrogens with two attached hydrogens (primary N) is 1. The summed E-state index contributed by atoms with van der Waals surface area (Å²) in [5.74, 6) is 6.75. The van der Waals surface area contributed by atoms with Crippen molar-refractivity contribution in [2.75, 3.05) is 0 Å². The summed E-state index contributed by atoms with van der Waals surface area (Å²) < 4.78 is 2.01. The van der Waals surface area contributed by atoms with Crippen molar-refractivity contribution in [3.63, 3.8) is 0 Å². The van der Waals surface area contributed by atoms with Gasteiger partial charge in [-0.3, -0.25) is 16.3 Å². The highest BCUT2D eigenvalue weighted by Crippen LogP contribution is 2.24. The minimum absolute atomic E-state index is 0.00370. The van der Waals surface area contributed by atoms with Crippen LogP contribution in [-0.4, -0.2) is 14.5 Å². The lowest BCUT2D eigenvalue weighted by Crippen LogP contribution is -2.30. The summed E-state index contributed by atoms with van der Waals surface area (Å²) in [7, 11) is 1.99. The zero-order valence-electron chi connectivity index (χ0n) is 11.3. The molecule has 1 unspecified atom stereocenters. The lowest BCUT2D eigenvalue weighted by Gasteiger charge is -2.18. The number of hydrogen-bond donors (Lipinski definition) is 2. The van der Waals surface area contributed by atoms with E-state index in [4.69, 9.17) is 5.84 Å². The van der Waals surface area contributed by atoms with Gasteiger partial charge in [0.15, 0.2) is 0 Å². The molecule has 102 valence electrons. The molecule has 2 heterocycles. The summed E-state index contributed by atoms with van der Waals surface area (Å²) in [4.78, 5) is 8.74. The molecule has 3 aromatic rings. The van der Waals surface area contributed by atoms with Crippen molar-refractivity contribution in [1.82, 2.24) is 20.0 Å². The van der Waals surface area contributed by atoms with E-state index >= 15 is 0 Å². The highest BCUT2D eigenvalue weighted by molar-refractivity contribution is 5.82. The predicted octanol–water partition coefficient (Wildman–Crippen LogP) is 1.72. The number of rotatable bonds is 4. The molecule has 2 aromatic heterocycles. The van der Waals surface area contributed by atoms with Crippen molar-refractivity contribution in [3.05, 3.63) is 60.3 Å². The van der Waals surface area contributed by atoms with Gasteiger partial charge in [-0.05, 0) is 17.7 Å². The third-order valence-electron chi connectivity index (χ3n) is 3.56. The Morgan fingerprint density at radius 2 is 2.10 bits per heavy atom. The maximum Gasteiger partial charge on any atom is 0.110 e. The minimum Gasteiger partial charge on any atom is -0.338 e. The standard InChI is InChI=1S/C15H17N5/c1-20-9-8-18-15(20)10-14(19-16)12-4-2-6-13-11(12)5-3-7-17-13/h2-9,14,19H,10,16H2,1H3. The lowest BCUT2D eigenvalue weighted by atomic mass is 9.99. The van der Waals surface area contributed by atoms with Crippen LogP contribution in [0.3, 0.4) is 0 Å². The average molecular weight is 267 g/mol. The Labute approximate surface area is 117 Å². The molecule has 0 aliphatic rings. The van der Waals surface area contributed by atoms with Crippen LogP contribution in [0.15, 0.2) is 48.9 Å². The second-order valence-corrected chi connectivity index (χ2v) is 4.80. The van der Waals surface area contributed by atoms with Crippen molar-refractivity contribution in [3.8, 4) is 0 Å². The number of aromatic nitrogens is 3. The van der Waals surface area contributed by atoms with E-state index in [9.17, 15) is 0 Å². The van der Waals surface area contributed by atoms with Gasteiger partial charge in [0.05, 0.1) is 11.6 Å². The fraction of sp³-hybridized carbons (Fsp3) is 0.200. The molecule has 0 saturated heterocycles. The first kappa shape index (κ1) is 12.8. The number of fused-ring (bicyclic) bond motifs is 1. The van der Waals surface area contributed by atoms with Crippen LogP contribution < -0.4 is 11.3 Å². The Morgan fingerprint density at radius 3 is 2.85 bits per heavy atom. The Morgan fingerprint density at radius 1 is 1.20 bits per heavy atom. The number of imidazole rings is 1. The molecule has 20 heavy (non-hydrogen) atoms. The van der Waals surface area contributed by atoms with Gasteiger partial charge in [0.25, 0.3) is 0 Å². The van der Waals surface area contributed by atoms with Gasteiger partial charge < -0.3 is 4.57 Å². The third-order valence-corrected chi connectivity index (χ3v) is 3.56. The molecule has 5 heteroatoms. The van der Waals surface area contributed by atoms with Crippen LogP contribution in [0.1, 0.15) is 17.4 Å². The molecular weight excluding hydrogens is 250 g/mol. The lowest BCUT2D eigenvalue weighted by molar-refractivity contribution is 0.533. The number of hydrazine groups is 1. The van der Waals surface area contributed by atoms with E-state index in [1.807, 2.05) is 36.0 Å². The van der Waals surface area contributed by atoms with Gasteiger partial charge in [-0.15, -0.1) is 0 Å². The van der Waals surface area contributed by atoms with Crippen molar-refractivity contribution in [2.24, 2.45) is 12.9 Å². The van der Waals surface area contributed by atoms with Gasteiger partial charge in [-0.25, -0.2) is 4.98 Å². The SMILES string of the molecule is Cn1ccnc1CC(NN)c1cccc2ncccc12. The number of nitrogens with zero attached hydrogens (tertiary/aromatic N) is 3. The van der Waals surface area contributed by atoms with Gasteiger partial charge in [-0.1, -0.05) is 18.2 Å². The summed E-state index contributed by atoms with van der Waals surface area (Å²) in [6.07, 6.45) is 6.27. The molecule has 0 fully saturated rings. The molecule has 1 atom stereocenters. The van der Waals surface area contributed by atoms with Crippen LogP contribution in [0.25, 0.3) is 10.9 Å². The van der Waals surface area contributed by atoms with Gasteiger partial charge >= 0.3 is 0 Å². The molecule has 3 N–H and O–H groups in total. The number of pyridine rings is 1. The van der Waals surface area contributed by atoms with Crippen molar-refractivity contribution in [2.45, 2.75) is 12.5 Å². The van der Waals surface area contributed by atoms with E-state index < -0.39 is 0 Å². The maximum absolute atomic E-state index is 5.76. The van der Waals surface area contributed by atoms with Crippen LogP contribution in [-0.2, 0) is 13.5 Å². The van der Waals surface area contributed by atoms with E-state index in [1.54, 1.807) is 12.4 Å². The molecular formula is C15H17N5. The average Bonchev–Trinajstić information content (AvgIpc) is 2.89. The first-order valence-electron chi connectivity index (χ1n) is 6.55. The number of aryl methyl sites for hydroxylation is 1. The molecule has 0 saturated carbocycles. The summed E-state index contributed by atoms with van der Waals surface area (Å²) in [5, 5.41) is 1.12. The van der Waals surface area contributed by atoms with Crippen LogP contribution >= 0.6 is 0 Å². The number of hydrogen-bond acceptors (Lipinski definition) is 4. The Kier molecular flexibility index (Phi) is 3.45. The summed E-state index contributed by atoms with van der Waals surface area (Å²) >= 11 is 0. The summed E-state index contributed by atoms with van der Waals surface area (Å²) in [5.41, 5.74) is 5.01. The normalized spacial score (nSPS) is 12.7. The van der Waals surface area contributed by atoms with Crippen molar-refractivity contribution in [1.29, 1.82) is 0 Å². The summed E-state index contributed by atoms with van der Waals surface area (Å²) in [6, 6.07) is 10.1. The maximum atomic E-state index is 5.76. The first-order valence-corrected chi connectivity index (χ1v) is 6.55. The third kappa shape index (κ3) is 2.29. The molecule has 1 aromatic carbocycles. The van der Waals surface area contributed by atoms with E-state index in [1.165, 1.54) is 0 Å². The molecule has 0 bridgehead atoms. The summed E-state index contributed by atoms with van der Waals surface area (Å²) in [6.45, 7) is 0. The van der Waals surface area contributed by atoms with Gasteiger partial charge in [0.2, 0.25) is 0 Å². The largest absolute Gasteiger partial charge is 0.338 e. The predicted molar refractivity (Wildman–Crippen MR) is 78.7 cm³/mol. The second kappa shape index (κ2) is 5.40. The Hall–Kier alpha value is -2.24. The fourth-order valence-corrected chi connectivity index (χ4v) is 2.47.